The molecular formula is C14H20N4OS3. The monoisotopic (exact) mass is 356 g/mol. The van der Waals surface area contributed by atoms with E-state index in [1.807, 2.05) is 24.4 Å². The molecule has 0 aliphatic carbocycles. The van der Waals surface area contributed by atoms with Crippen molar-refractivity contribution in [1.29, 1.82) is 0 Å². The standard InChI is InChI=1S/C14H20N4OS3/c1-9(11(19)15-8-10-6-5-7-20-10)21-13-18-17-12(22-13)16-14(2,3)4/h5-7,9H,8H2,1-4H3,(H,15,19)(H,16,17). The Bertz CT molecular complexity index is 604. The zero-order valence-corrected chi connectivity index (χ0v) is 15.5. The average molecular weight is 357 g/mol. The highest BCUT2D eigenvalue weighted by Gasteiger charge is 2.18. The molecule has 2 heterocycles. The Hall–Kier alpha value is -1.12. The van der Waals surface area contributed by atoms with Crippen molar-refractivity contribution in [2.75, 3.05) is 5.32 Å². The van der Waals surface area contributed by atoms with Gasteiger partial charge in [0.2, 0.25) is 11.0 Å². The summed E-state index contributed by atoms with van der Waals surface area (Å²) in [6, 6.07) is 3.99. The Morgan fingerprint density at radius 1 is 1.41 bits per heavy atom. The third-order valence-electron chi connectivity index (χ3n) is 2.55. The van der Waals surface area contributed by atoms with Crippen LogP contribution >= 0.6 is 34.4 Å². The van der Waals surface area contributed by atoms with Crippen LogP contribution in [0.3, 0.4) is 0 Å². The van der Waals surface area contributed by atoms with E-state index < -0.39 is 0 Å². The van der Waals surface area contributed by atoms with Gasteiger partial charge in [-0.3, -0.25) is 4.79 Å². The number of carbonyl (C=O) groups excluding carboxylic acids is 1. The highest BCUT2D eigenvalue weighted by Crippen LogP contribution is 2.30. The summed E-state index contributed by atoms with van der Waals surface area (Å²) in [6.45, 7) is 8.67. The summed E-state index contributed by atoms with van der Waals surface area (Å²) in [7, 11) is 0. The predicted molar refractivity (Wildman–Crippen MR) is 94.8 cm³/mol. The van der Waals surface area contributed by atoms with Crippen LogP contribution in [0.5, 0.6) is 0 Å². The second-order valence-electron chi connectivity index (χ2n) is 5.81. The Morgan fingerprint density at radius 2 is 2.18 bits per heavy atom. The zero-order valence-electron chi connectivity index (χ0n) is 13.0. The molecule has 0 radical (unpaired) electrons. The van der Waals surface area contributed by atoms with E-state index in [0.717, 1.165) is 14.3 Å². The van der Waals surface area contributed by atoms with Gasteiger partial charge in [-0.05, 0) is 39.1 Å². The highest BCUT2D eigenvalue weighted by molar-refractivity contribution is 8.02. The summed E-state index contributed by atoms with van der Waals surface area (Å²) >= 11 is 4.54. The molecule has 0 aliphatic rings. The molecule has 2 aromatic heterocycles. The second kappa shape index (κ2) is 7.43. The molecule has 1 unspecified atom stereocenters. The quantitative estimate of drug-likeness (QED) is 0.774. The smallest absolute Gasteiger partial charge is 0.233 e. The maximum Gasteiger partial charge on any atom is 0.233 e. The summed E-state index contributed by atoms with van der Waals surface area (Å²) in [6.07, 6.45) is 0. The molecule has 0 aliphatic heterocycles. The Balaban J connectivity index is 1.83. The minimum atomic E-state index is -0.199. The average Bonchev–Trinajstić information content (AvgIpc) is 3.06. The summed E-state index contributed by atoms with van der Waals surface area (Å²) in [5, 5.41) is 17.0. The fourth-order valence-corrected chi connectivity index (χ4v) is 4.34. The molecule has 1 amide bonds. The highest BCUT2D eigenvalue weighted by atomic mass is 32.2. The van der Waals surface area contributed by atoms with Crippen molar-refractivity contribution in [3.63, 3.8) is 0 Å². The van der Waals surface area contributed by atoms with Crippen molar-refractivity contribution in [1.82, 2.24) is 15.5 Å². The van der Waals surface area contributed by atoms with Crippen LogP contribution in [0.2, 0.25) is 0 Å². The van der Waals surface area contributed by atoms with Gasteiger partial charge in [-0.2, -0.15) is 0 Å². The first-order chi connectivity index (χ1) is 10.3. The van der Waals surface area contributed by atoms with Crippen molar-refractivity contribution >= 4 is 45.5 Å². The minimum Gasteiger partial charge on any atom is -0.355 e. The predicted octanol–water partition coefficient (Wildman–Crippen LogP) is 3.61. The van der Waals surface area contributed by atoms with E-state index in [-0.39, 0.29) is 16.7 Å². The number of carbonyl (C=O) groups is 1. The first kappa shape index (κ1) is 17.2. The third-order valence-corrected chi connectivity index (χ3v) is 5.45. The Labute approximate surface area is 142 Å². The molecule has 0 saturated heterocycles. The summed E-state index contributed by atoms with van der Waals surface area (Å²) in [4.78, 5) is 13.2. The lowest BCUT2D eigenvalue weighted by atomic mass is 10.1. The largest absolute Gasteiger partial charge is 0.355 e. The van der Waals surface area contributed by atoms with E-state index in [0.29, 0.717) is 6.54 Å². The van der Waals surface area contributed by atoms with Gasteiger partial charge < -0.3 is 10.6 Å². The lowest BCUT2D eigenvalue weighted by molar-refractivity contribution is -0.120. The van der Waals surface area contributed by atoms with Crippen LogP contribution in [-0.4, -0.2) is 26.9 Å². The van der Waals surface area contributed by atoms with Crippen LogP contribution in [0.1, 0.15) is 32.6 Å². The number of nitrogens with one attached hydrogen (secondary N) is 2. The van der Waals surface area contributed by atoms with Crippen molar-refractivity contribution in [3.05, 3.63) is 22.4 Å². The number of aromatic nitrogens is 2. The second-order valence-corrected chi connectivity index (χ2v) is 9.40. The van der Waals surface area contributed by atoms with Gasteiger partial charge in [0.05, 0.1) is 11.8 Å². The molecule has 22 heavy (non-hydrogen) atoms. The SMILES string of the molecule is CC(Sc1nnc(NC(C)(C)C)s1)C(=O)NCc1cccs1. The van der Waals surface area contributed by atoms with E-state index in [4.69, 9.17) is 0 Å². The Morgan fingerprint density at radius 3 is 2.82 bits per heavy atom. The van der Waals surface area contributed by atoms with Crippen LogP contribution in [0.25, 0.3) is 0 Å². The van der Waals surface area contributed by atoms with E-state index >= 15 is 0 Å². The number of amides is 1. The molecule has 0 bridgehead atoms. The van der Waals surface area contributed by atoms with Gasteiger partial charge in [0, 0.05) is 10.4 Å². The van der Waals surface area contributed by atoms with Crippen LogP contribution in [0.15, 0.2) is 21.9 Å². The molecule has 0 fully saturated rings. The molecule has 1 atom stereocenters. The number of thiophene rings is 1. The van der Waals surface area contributed by atoms with E-state index in [9.17, 15) is 4.79 Å². The molecule has 0 saturated carbocycles. The molecular weight excluding hydrogens is 336 g/mol. The van der Waals surface area contributed by atoms with Gasteiger partial charge in [-0.1, -0.05) is 29.2 Å². The van der Waals surface area contributed by atoms with Gasteiger partial charge >= 0.3 is 0 Å². The molecule has 8 heteroatoms. The maximum absolute atomic E-state index is 12.1. The van der Waals surface area contributed by atoms with Crippen molar-refractivity contribution in [2.24, 2.45) is 0 Å². The molecule has 0 aromatic carbocycles. The van der Waals surface area contributed by atoms with E-state index in [1.54, 1.807) is 11.3 Å². The van der Waals surface area contributed by atoms with Gasteiger partial charge in [-0.25, -0.2) is 0 Å². The van der Waals surface area contributed by atoms with Crippen LogP contribution in [0.4, 0.5) is 5.13 Å². The lowest BCUT2D eigenvalue weighted by Gasteiger charge is -2.18. The van der Waals surface area contributed by atoms with Crippen LogP contribution in [-0.2, 0) is 11.3 Å². The maximum atomic E-state index is 12.1. The number of anilines is 1. The molecule has 2 aromatic rings. The van der Waals surface area contributed by atoms with Crippen molar-refractivity contribution in [2.45, 2.75) is 49.4 Å². The van der Waals surface area contributed by atoms with E-state index in [1.165, 1.54) is 23.1 Å². The van der Waals surface area contributed by atoms with Gasteiger partial charge in [0.15, 0.2) is 4.34 Å². The van der Waals surface area contributed by atoms with Gasteiger partial charge in [0.25, 0.3) is 0 Å². The van der Waals surface area contributed by atoms with Crippen LogP contribution < -0.4 is 10.6 Å². The molecule has 5 nitrogen and oxygen atoms in total. The fraction of sp³-hybridized carbons (Fsp3) is 0.500. The number of hydrogen-bond donors (Lipinski definition) is 2. The van der Waals surface area contributed by atoms with Gasteiger partial charge in [0.1, 0.15) is 0 Å². The number of thioether (sulfide) groups is 1. The fourth-order valence-electron chi connectivity index (χ4n) is 1.56. The minimum absolute atomic E-state index is 0.0129. The molecule has 120 valence electrons. The summed E-state index contributed by atoms with van der Waals surface area (Å²) in [5.74, 6) is 0.0129. The third kappa shape index (κ3) is 5.58. The summed E-state index contributed by atoms with van der Waals surface area (Å²) < 4.78 is 0.797. The van der Waals surface area contributed by atoms with Gasteiger partial charge in [-0.15, -0.1) is 21.5 Å². The number of hydrogen-bond acceptors (Lipinski definition) is 7. The molecule has 0 spiro atoms. The topological polar surface area (TPSA) is 66.9 Å². The normalized spacial score (nSPS) is 12.9. The van der Waals surface area contributed by atoms with Crippen molar-refractivity contribution < 1.29 is 4.79 Å². The molecule has 2 N–H and O–H groups in total. The molecule has 2 rings (SSSR count). The van der Waals surface area contributed by atoms with Crippen molar-refractivity contribution in [3.8, 4) is 0 Å². The van der Waals surface area contributed by atoms with Crippen LogP contribution in [0, 0.1) is 0 Å². The number of rotatable bonds is 6. The zero-order chi connectivity index (χ0) is 16.2. The Kier molecular flexibility index (Phi) is 5.82. The first-order valence-corrected chi connectivity index (χ1v) is 9.49. The summed E-state index contributed by atoms with van der Waals surface area (Å²) in [5.41, 5.74) is -0.0504. The van der Waals surface area contributed by atoms with E-state index in [2.05, 4.69) is 41.6 Å². The first-order valence-electron chi connectivity index (χ1n) is 6.92. The lowest BCUT2D eigenvalue weighted by Crippen LogP contribution is -2.30. The number of nitrogens with zero attached hydrogens (tertiary/aromatic N) is 2.